The predicted molar refractivity (Wildman–Crippen MR) is 169 cm³/mol. The molecular weight excluding hydrogens is 619 g/mol. The van der Waals surface area contributed by atoms with Gasteiger partial charge in [-0.15, -0.1) is 5.10 Å². The van der Waals surface area contributed by atoms with E-state index in [0.717, 1.165) is 32.3 Å². The van der Waals surface area contributed by atoms with Gasteiger partial charge in [-0.25, -0.2) is 4.68 Å². The number of nitrogens with one attached hydrogen (secondary N) is 3. The van der Waals surface area contributed by atoms with Crippen molar-refractivity contribution in [1.82, 2.24) is 35.1 Å². The van der Waals surface area contributed by atoms with Crippen LogP contribution in [-0.4, -0.2) is 113 Å². The molecule has 2 aliphatic heterocycles. The largest absolute Gasteiger partial charge is 0.417 e. The quantitative estimate of drug-likeness (QED) is 0.296. The van der Waals surface area contributed by atoms with Crippen molar-refractivity contribution in [1.29, 1.82) is 0 Å². The third kappa shape index (κ3) is 7.82. The van der Waals surface area contributed by atoms with Crippen LogP contribution in [0.2, 0.25) is 0 Å². The van der Waals surface area contributed by atoms with Gasteiger partial charge in [-0.1, -0.05) is 5.21 Å². The number of alkyl halides is 3. The van der Waals surface area contributed by atoms with E-state index in [2.05, 4.69) is 54.5 Å². The van der Waals surface area contributed by atoms with Crippen LogP contribution in [0.1, 0.15) is 52.2 Å². The van der Waals surface area contributed by atoms with E-state index in [4.69, 9.17) is 4.74 Å². The smallest absolute Gasteiger partial charge is 0.379 e. The minimum Gasteiger partial charge on any atom is -0.379 e. The number of amides is 2. The maximum absolute atomic E-state index is 13.8. The Morgan fingerprint density at radius 1 is 1.09 bits per heavy atom. The molecule has 47 heavy (non-hydrogen) atoms. The van der Waals surface area contributed by atoms with Gasteiger partial charge in [-0.3, -0.25) is 24.2 Å². The Hall–Kier alpha value is -4.28. The average molecular weight is 660 g/mol. The van der Waals surface area contributed by atoms with Crippen molar-refractivity contribution < 1.29 is 27.5 Å². The summed E-state index contributed by atoms with van der Waals surface area (Å²) < 4.78 is 48.3. The molecule has 254 valence electrons. The highest BCUT2D eigenvalue weighted by Crippen LogP contribution is 2.37. The number of nitrogens with zero attached hydrogens (tertiary/aromatic N) is 6. The van der Waals surface area contributed by atoms with E-state index in [1.807, 2.05) is 7.05 Å². The molecule has 1 aromatic carbocycles. The Labute approximate surface area is 270 Å². The zero-order valence-corrected chi connectivity index (χ0v) is 26.9. The number of rotatable bonds is 9. The number of aromatic amines is 1. The Balaban J connectivity index is 1.42. The second kappa shape index (κ2) is 14.2. The molecule has 0 aliphatic carbocycles. The standard InChI is InChI=1S/C31H40F3N9O4/c1-19-16-42(17-20(2)40(19)4)26-7-6-25(21(3)28(26)37-29(45)22-15-36-27(44)14-23(22)31(32,33)34)43-18-24(38-39-43)30(46)35-8-5-9-41-10-12-47-13-11-41/h6-7,14-15,18-20H,5,8-13,16-17H2,1-4H3,(H,35,46)(H,36,44)(H,37,45)/t19-,20+. The third-order valence-electron chi connectivity index (χ3n) is 8.84. The normalized spacial score (nSPS) is 19.5. The van der Waals surface area contributed by atoms with E-state index in [9.17, 15) is 27.6 Å². The van der Waals surface area contributed by atoms with Crippen molar-refractivity contribution in [2.24, 2.45) is 0 Å². The lowest BCUT2D eigenvalue weighted by atomic mass is 10.0. The Bertz CT molecular complexity index is 1640. The summed E-state index contributed by atoms with van der Waals surface area (Å²) in [5, 5.41) is 13.7. The van der Waals surface area contributed by atoms with Crippen molar-refractivity contribution in [3.05, 3.63) is 63.3 Å². The van der Waals surface area contributed by atoms with E-state index >= 15 is 0 Å². The number of ether oxygens (including phenoxy) is 1. The van der Waals surface area contributed by atoms with Gasteiger partial charge in [0.2, 0.25) is 5.56 Å². The lowest BCUT2D eigenvalue weighted by Crippen LogP contribution is -2.55. The topological polar surface area (TPSA) is 141 Å². The van der Waals surface area contributed by atoms with Crippen molar-refractivity contribution in [3.8, 4) is 5.69 Å². The van der Waals surface area contributed by atoms with E-state index in [-0.39, 0.29) is 29.4 Å². The molecule has 2 aliphatic rings. The van der Waals surface area contributed by atoms with Crippen LogP contribution in [0.15, 0.2) is 35.4 Å². The second-order valence-corrected chi connectivity index (χ2v) is 12.1. The zero-order chi connectivity index (χ0) is 33.9. The van der Waals surface area contributed by atoms with Crippen LogP contribution in [0.25, 0.3) is 5.69 Å². The maximum atomic E-state index is 13.8. The number of H-pyrrole nitrogens is 1. The third-order valence-corrected chi connectivity index (χ3v) is 8.84. The lowest BCUT2D eigenvalue weighted by molar-refractivity contribution is -0.138. The summed E-state index contributed by atoms with van der Waals surface area (Å²) >= 11 is 0. The minimum atomic E-state index is -4.93. The molecule has 2 amide bonds. The van der Waals surface area contributed by atoms with Gasteiger partial charge in [0, 0.05) is 62.6 Å². The van der Waals surface area contributed by atoms with E-state index in [0.29, 0.717) is 55.9 Å². The summed E-state index contributed by atoms with van der Waals surface area (Å²) in [7, 11) is 2.03. The first-order chi connectivity index (χ1) is 22.3. The number of halogens is 3. The molecule has 13 nitrogen and oxygen atoms in total. The van der Waals surface area contributed by atoms with Crippen LogP contribution in [-0.2, 0) is 10.9 Å². The first-order valence-electron chi connectivity index (χ1n) is 15.6. The highest BCUT2D eigenvalue weighted by atomic mass is 19.4. The molecule has 2 aromatic heterocycles. The number of anilines is 2. The van der Waals surface area contributed by atoms with Gasteiger partial charge in [0.1, 0.15) is 0 Å². The molecule has 4 heterocycles. The highest BCUT2D eigenvalue weighted by Gasteiger charge is 2.36. The second-order valence-electron chi connectivity index (χ2n) is 12.1. The fourth-order valence-corrected chi connectivity index (χ4v) is 5.94. The molecule has 2 saturated heterocycles. The van der Waals surface area contributed by atoms with E-state index < -0.39 is 28.8 Å². The van der Waals surface area contributed by atoms with Gasteiger partial charge < -0.3 is 25.3 Å². The van der Waals surface area contributed by atoms with Gasteiger partial charge in [0.25, 0.3) is 11.8 Å². The van der Waals surface area contributed by atoms with E-state index in [1.165, 1.54) is 10.9 Å². The predicted octanol–water partition coefficient (Wildman–Crippen LogP) is 2.52. The van der Waals surface area contributed by atoms with Gasteiger partial charge in [0.15, 0.2) is 5.69 Å². The molecule has 3 N–H and O–H groups in total. The number of hydrogen-bond acceptors (Lipinski definition) is 9. The number of morpholine rings is 1. The summed E-state index contributed by atoms with van der Waals surface area (Å²) in [6.07, 6.45) is -1.93. The molecule has 0 unspecified atom stereocenters. The molecule has 5 rings (SSSR count). The van der Waals surface area contributed by atoms with Crippen LogP contribution in [0.3, 0.4) is 0 Å². The summed E-state index contributed by atoms with van der Waals surface area (Å²) in [5.74, 6) is -1.43. The van der Waals surface area contributed by atoms with Gasteiger partial charge in [-0.2, -0.15) is 13.2 Å². The average Bonchev–Trinajstić information content (AvgIpc) is 3.53. The molecule has 2 atom stereocenters. The van der Waals surface area contributed by atoms with Crippen LogP contribution < -0.4 is 21.1 Å². The first-order valence-corrected chi connectivity index (χ1v) is 15.6. The van der Waals surface area contributed by atoms with Crippen LogP contribution in [0, 0.1) is 6.92 Å². The Morgan fingerprint density at radius 3 is 2.45 bits per heavy atom. The zero-order valence-electron chi connectivity index (χ0n) is 26.9. The van der Waals surface area contributed by atoms with Crippen molar-refractivity contribution in [2.75, 3.05) is 69.7 Å². The number of pyridine rings is 1. The Morgan fingerprint density at radius 2 is 1.77 bits per heavy atom. The monoisotopic (exact) mass is 659 g/mol. The molecular formula is C31H40F3N9O4. The maximum Gasteiger partial charge on any atom is 0.417 e. The van der Waals surface area contributed by atoms with Gasteiger partial charge in [-0.05, 0) is 52.9 Å². The number of carbonyl (C=O) groups is 2. The number of likely N-dealkylation sites (N-methyl/N-ethyl adjacent to an activating group) is 1. The molecule has 0 bridgehead atoms. The van der Waals surface area contributed by atoms with Crippen LogP contribution in [0.5, 0.6) is 0 Å². The van der Waals surface area contributed by atoms with Crippen molar-refractivity contribution >= 4 is 23.2 Å². The highest BCUT2D eigenvalue weighted by molar-refractivity contribution is 6.07. The van der Waals surface area contributed by atoms with Gasteiger partial charge >= 0.3 is 6.18 Å². The molecule has 0 saturated carbocycles. The molecule has 2 fully saturated rings. The minimum absolute atomic E-state index is 0.0928. The van der Waals surface area contributed by atoms with Crippen LogP contribution >= 0.6 is 0 Å². The number of carbonyl (C=O) groups excluding carboxylic acids is 2. The summed E-state index contributed by atoms with van der Waals surface area (Å²) in [6, 6.07) is 4.22. The van der Waals surface area contributed by atoms with Crippen molar-refractivity contribution in [2.45, 2.75) is 45.5 Å². The summed E-state index contributed by atoms with van der Waals surface area (Å²) in [5.41, 5.74) is -1.09. The number of benzene rings is 1. The lowest BCUT2D eigenvalue weighted by Gasteiger charge is -2.44. The first kappa shape index (κ1) is 34.1. The SMILES string of the molecule is Cc1c(-n2cc(C(=O)NCCCN3CCOCC3)nn2)ccc(N2C[C@@H](C)N(C)[C@@H](C)C2)c1NC(=O)c1c[nH]c(=O)cc1C(F)(F)F. The summed E-state index contributed by atoms with van der Waals surface area (Å²) in [6.45, 7) is 11.5. The van der Waals surface area contributed by atoms with Crippen molar-refractivity contribution in [3.63, 3.8) is 0 Å². The molecule has 0 radical (unpaired) electrons. The van der Waals surface area contributed by atoms with E-state index in [1.54, 1.807) is 19.1 Å². The Kier molecular flexibility index (Phi) is 10.3. The fraction of sp³-hybridized carbons (Fsp3) is 0.516. The number of aromatic nitrogens is 4. The summed E-state index contributed by atoms with van der Waals surface area (Å²) in [4.78, 5) is 46.8. The number of piperazine rings is 1. The fourth-order valence-electron chi connectivity index (χ4n) is 5.94. The number of hydrogen-bond donors (Lipinski definition) is 3. The molecule has 3 aromatic rings. The van der Waals surface area contributed by atoms with Gasteiger partial charge in [0.05, 0.1) is 47.6 Å². The molecule has 0 spiro atoms. The van der Waals surface area contributed by atoms with Crippen LogP contribution in [0.4, 0.5) is 24.5 Å². The molecule has 16 heteroatoms.